The van der Waals surface area contributed by atoms with Crippen molar-refractivity contribution in [3.8, 4) is 0 Å². The van der Waals surface area contributed by atoms with E-state index >= 15 is 0 Å². The van der Waals surface area contributed by atoms with Crippen molar-refractivity contribution in [2.24, 2.45) is 0 Å². The second-order valence-corrected chi connectivity index (χ2v) is 7.71. The maximum absolute atomic E-state index is 12.0. The number of sulfonamides is 1. The number of rotatable bonds is 5. The highest BCUT2D eigenvalue weighted by Crippen LogP contribution is 2.15. The summed E-state index contributed by atoms with van der Waals surface area (Å²) in [7, 11) is -1.44. The van der Waals surface area contributed by atoms with Gasteiger partial charge in [-0.1, -0.05) is 6.07 Å². The summed E-state index contributed by atoms with van der Waals surface area (Å²) in [6, 6.07) is 3.24. The zero-order chi connectivity index (χ0) is 14.6. The second-order valence-electron chi connectivity index (χ2n) is 4.76. The molecule has 0 spiro atoms. The molecule has 0 saturated carbocycles. The standard InChI is InChI=1S/C12H19N3O3S2/c1-14-6-8-15(9-7-14)11(16)4-5-13-20(17,18)12-3-2-10-19-12/h2-3,10,13H,4-9H2,1H3. The first kappa shape index (κ1) is 15.4. The van der Waals surface area contributed by atoms with Crippen molar-refractivity contribution in [3.63, 3.8) is 0 Å². The molecule has 1 fully saturated rings. The number of likely N-dealkylation sites (N-methyl/N-ethyl adjacent to an activating group) is 1. The van der Waals surface area contributed by atoms with Crippen molar-refractivity contribution in [2.45, 2.75) is 10.6 Å². The summed E-state index contributed by atoms with van der Waals surface area (Å²) in [4.78, 5) is 15.9. The first-order chi connectivity index (χ1) is 9.49. The number of nitrogens with one attached hydrogen (secondary N) is 1. The van der Waals surface area contributed by atoms with Crippen LogP contribution in [-0.4, -0.2) is 63.9 Å². The van der Waals surface area contributed by atoms with Crippen molar-refractivity contribution in [1.29, 1.82) is 0 Å². The van der Waals surface area contributed by atoms with Gasteiger partial charge >= 0.3 is 0 Å². The van der Waals surface area contributed by atoms with Crippen molar-refractivity contribution in [2.75, 3.05) is 39.8 Å². The third-order valence-corrected chi connectivity index (χ3v) is 6.11. The van der Waals surface area contributed by atoms with Gasteiger partial charge in [0.1, 0.15) is 4.21 Å². The van der Waals surface area contributed by atoms with Crippen LogP contribution >= 0.6 is 11.3 Å². The first-order valence-corrected chi connectivity index (χ1v) is 8.85. The molecule has 1 amide bonds. The van der Waals surface area contributed by atoms with Crippen molar-refractivity contribution in [3.05, 3.63) is 17.5 Å². The van der Waals surface area contributed by atoms with Gasteiger partial charge in [-0.3, -0.25) is 4.79 Å². The normalized spacial score (nSPS) is 17.4. The lowest BCUT2D eigenvalue weighted by Gasteiger charge is -2.32. The number of hydrogen-bond acceptors (Lipinski definition) is 5. The average Bonchev–Trinajstić information content (AvgIpc) is 2.94. The largest absolute Gasteiger partial charge is 0.340 e. The molecule has 0 unspecified atom stereocenters. The molecule has 6 nitrogen and oxygen atoms in total. The Morgan fingerprint density at radius 2 is 2.05 bits per heavy atom. The summed E-state index contributed by atoms with van der Waals surface area (Å²) < 4.78 is 26.5. The lowest BCUT2D eigenvalue weighted by molar-refractivity contribution is -0.132. The van der Waals surface area contributed by atoms with Gasteiger partial charge in [0.2, 0.25) is 15.9 Å². The summed E-state index contributed by atoms with van der Waals surface area (Å²) in [6.45, 7) is 3.31. The van der Waals surface area contributed by atoms with E-state index in [1.165, 1.54) is 11.3 Å². The van der Waals surface area contributed by atoms with Crippen LogP contribution in [0.4, 0.5) is 0 Å². The minimum absolute atomic E-state index is 0.00646. The fraction of sp³-hybridized carbons (Fsp3) is 0.583. The molecule has 8 heteroatoms. The maximum Gasteiger partial charge on any atom is 0.250 e. The second kappa shape index (κ2) is 6.66. The van der Waals surface area contributed by atoms with Crippen molar-refractivity contribution < 1.29 is 13.2 Å². The molecule has 0 bridgehead atoms. The van der Waals surface area contributed by atoms with Crippen LogP contribution < -0.4 is 4.72 Å². The Morgan fingerprint density at radius 3 is 2.65 bits per heavy atom. The summed E-state index contributed by atoms with van der Waals surface area (Å²) in [5.41, 5.74) is 0. The summed E-state index contributed by atoms with van der Waals surface area (Å²) in [5.74, 6) is 0.00646. The highest BCUT2D eigenvalue weighted by molar-refractivity contribution is 7.91. The quantitative estimate of drug-likeness (QED) is 0.842. The third-order valence-electron chi connectivity index (χ3n) is 3.25. The van der Waals surface area contributed by atoms with E-state index in [2.05, 4.69) is 9.62 Å². The summed E-state index contributed by atoms with van der Waals surface area (Å²) in [6.07, 6.45) is 0.203. The van der Waals surface area contributed by atoms with Gasteiger partial charge in [0.05, 0.1) is 0 Å². The molecule has 1 aliphatic heterocycles. The van der Waals surface area contributed by atoms with Crippen LogP contribution in [0.15, 0.2) is 21.7 Å². The minimum Gasteiger partial charge on any atom is -0.340 e. The van der Waals surface area contributed by atoms with Gasteiger partial charge in [-0.2, -0.15) is 0 Å². The van der Waals surface area contributed by atoms with E-state index in [0.29, 0.717) is 13.1 Å². The number of hydrogen-bond donors (Lipinski definition) is 1. The van der Waals surface area contributed by atoms with Crippen LogP contribution in [0.25, 0.3) is 0 Å². The molecular weight excluding hydrogens is 298 g/mol. The van der Waals surface area contributed by atoms with E-state index in [9.17, 15) is 13.2 Å². The number of piperazine rings is 1. The zero-order valence-corrected chi connectivity index (χ0v) is 13.0. The highest BCUT2D eigenvalue weighted by atomic mass is 32.2. The molecule has 1 saturated heterocycles. The minimum atomic E-state index is -3.46. The Balaban J connectivity index is 1.77. The predicted octanol–water partition coefficient (Wildman–Crippen LogP) is 0.190. The molecule has 20 heavy (non-hydrogen) atoms. The van der Waals surface area contributed by atoms with Crippen molar-refractivity contribution in [1.82, 2.24) is 14.5 Å². The van der Waals surface area contributed by atoms with Gasteiger partial charge < -0.3 is 9.80 Å². The average molecular weight is 317 g/mol. The summed E-state index contributed by atoms with van der Waals surface area (Å²) in [5, 5.41) is 1.71. The Hall–Kier alpha value is -0.960. The molecule has 0 radical (unpaired) electrons. The Bertz CT molecular complexity index is 534. The molecule has 0 aromatic carbocycles. The molecule has 112 valence electrons. The molecule has 2 rings (SSSR count). The molecule has 1 aromatic rings. The number of carbonyl (C=O) groups is 1. The predicted molar refractivity (Wildman–Crippen MR) is 78.2 cm³/mol. The van der Waals surface area contributed by atoms with Crippen molar-refractivity contribution >= 4 is 27.3 Å². The number of carbonyl (C=O) groups excluding carboxylic acids is 1. The van der Waals surface area contributed by atoms with Gasteiger partial charge in [0, 0.05) is 39.1 Å². The van der Waals surface area contributed by atoms with Gasteiger partial charge in [0.15, 0.2) is 0 Å². The molecule has 1 aliphatic rings. The molecule has 2 heterocycles. The fourth-order valence-electron chi connectivity index (χ4n) is 1.99. The van der Waals surface area contributed by atoms with E-state index in [1.807, 2.05) is 7.05 Å². The molecule has 0 aliphatic carbocycles. The molecule has 1 aromatic heterocycles. The van der Waals surface area contributed by atoms with Crippen LogP contribution in [0.2, 0.25) is 0 Å². The molecular formula is C12H19N3O3S2. The molecule has 1 N–H and O–H groups in total. The highest BCUT2D eigenvalue weighted by Gasteiger charge is 2.20. The Morgan fingerprint density at radius 1 is 1.35 bits per heavy atom. The van der Waals surface area contributed by atoms with Gasteiger partial charge in [-0.05, 0) is 18.5 Å². The zero-order valence-electron chi connectivity index (χ0n) is 11.4. The smallest absolute Gasteiger partial charge is 0.250 e. The van der Waals surface area contributed by atoms with Crippen LogP contribution in [0.3, 0.4) is 0 Å². The van der Waals surface area contributed by atoms with E-state index in [0.717, 1.165) is 13.1 Å². The topological polar surface area (TPSA) is 69.7 Å². The Labute approximate surface area is 123 Å². The van der Waals surface area contributed by atoms with Gasteiger partial charge in [-0.15, -0.1) is 11.3 Å². The third kappa shape index (κ3) is 4.02. The van der Waals surface area contributed by atoms with E-state index < -0.39 is 10.0 Å². The summed E-state index contributed by atoms with van der Waals surface area (Å²) >= 11 is 1.17. The monoisotopic (exact) mass is 317 g/mol. The lowest BCUT2D eigenvalue weighted by atomic mass is 10.3. The lowest BCUT2D eigenvalue weighted by Crippen LogP contribution is -2.47. The van der Waals surface area contributed by atoms with E-state index in [-0.39, 0.29) is 23.1 Å². The van der Waals surface area contributed by atoms with E-state index in [4.69, 9.17) is 0 Å². The Kier molecular flexibility index (Phi) is 5.14. The SMILES string of the molecule is CN1CCN(C(=O)CCNS(=O)(=O)c2cccs2)CC1. The number of amides is 1. The first-order valence-electron chi connectivity index (χ1n) is 6.48. The fourth-order valence-corrected chi connectivity index (χ4v) is 4.06. The van der Waals surface area contributed by atoms with Crippen LogP contribution in [0, 0.1) is 0 Å². The van der Waals surface area contributed by atoms with Gasteiger partial charge in [0.25, 0.3) is 0 Å². The van der Waals surface area contributed by atoms with Gasteiger partial charge in [-0.25, -0.2) is 13.1 Å². The van der Waals surface area contributed by atoms with Crippen LogP contribution in [-0.2, 0) is 14.8 Å². The van der Waals surface area contributed by atoms with Crippen LogP contribution in [0.5, 0.6) is 0 Å². The van der Waals surface area contributed by atoms with Crippen LogP contribution in [0.1, 0.15) is 6.42 Å². The van der Waals surface area contributed by atoms with E-state index in [1.54, 1.807) is 22.4 Å². The molecule has 0 atom stereocenters. The number of thiophene rings is 1. The number of nitrogens with zero attached hydrogens (tertiary/aromatic N) is 2. The maximum atomic E-state index is 12.0.